The van der Waals surface area contributed by atoms with Gasteiger partial charge in [0.15, 0.2) is 0 Å². The number of fused-ring (bicyclic) bond motifs is 2. The maximum absolute atomic E-state index is 13.7. The molecule has 1 saturated heterocycles. The fraction of sp³-hybridized carbons (Fsp3) is 0.765. The van der Waals surface area contributed by atoms with E-state index < -0.39 is 76.3 Å². The van der Waals surface area contributed by atoms with Crippen molar-refractivity contribution >= 4 is 11.9 Å². The van der Waals surface area contributed by atoms with Gasteiger partial charge in [-0.05, 0) is 31.0 Å². The third kappa shape index (κ3) is 3.72. The normalized spacial score (nSPS) is 49.1. The monoisotopic (exact) mass is 629 g/mol. The summed E-state index contributed by atoms with van der Waals surface area (Å²) < 4.78 is 37.9. The molecule has 2 N–H and O–H groups in total. The van der Waals surface area contributed by atoms with Crippen LogP contribution in [0.15, 0.2) is 30.3 Å². The number of carbonyl (C=O) groups is 2. The maximum atomic E-state index is 13.7. The summed E-state index contributed by atoms with van der Waals surface area (Å²) in [6.07, 6.45) is -2.55. The number of esters is 2. The lowest BCUT2D eigenvalue weighted by molar-refractivity contribution is -0.300. The Morgan fingerprint density at radius 2 is 1.71 bits per heavy atom. The molecule has 1 spiro atoms. The van der Waals surface area contributed by atoms with Crippen LogP contribution in [0.5, 0.6) is 0 Å². The minimum Gasteiger partial charge on any atom is -0.458 e. The van der Waals surface area contributed by atoms with Crippen LogP contribution in [0.2, 0.25) is 0 Å². The third-order valence-corrected chi connectivity index (χ3v) is 13.1. The average molecular weight is 630 g/mol. The van der Waals surface area contributed by atoms with Crippen LogP contribution in [0, 0.1) is 34.5 Å². The first kappa shape index (κ1) is 31.5. The Hall–Kier alpha value is -2.12. The molecule has 0 aromatic heterocycles. The molecule has 248 valence electrons. The molecule has 0 radical (unpaired) electrons. The number of aliphatic hydroxyl groups excluding tert-OH is 1. The lowest BCUT2D eigenvalue weighted by atomic mass is 9.42. The smallest absolute Gasteiger partial charge is 0.338 e. The molecule has 45 heavy (non-hydrogen) atoms. The number of benzene rings is 1. The second-order valence-corrected chi connectivity index (χ2v) is 14.4. The summed E-state index contributed by atoms with van der Waals surface area (Å²) in [5.41, 5.74) is -3.74. The minimum absolute atomic E-state index is 0.163. The maximum Gasteiger partial charge on any atom is 0.338 e. The molecule has 11 heteroatoms. The Morgan fingerprint density at radius 3 is 2.31 bits per heavy atom. The van der Waals surface area contributed by atoms with Crippen LogP contribution in [0.1, 0.15) is 43.5 Å². The number of hydrogen-bond donors (Lipinski definition) is 2. The summed E-state index contributed by atoms with van der Waals surface area (Å²) in [4.78, 5) is 29.3. The summed E-state index contributed by atoms with van der Waals surface area (Å²) in [7, 11) is 6.58. The number of hydrogen-bond acceptors (Lipinski definition) is 11. The van der Waals surface area contributed by atoms with Gasteiger partial charge in [0.05, 0.1) is 36.6 Å². The van der Waals surface area contributed by atoms with Crippen molar-refractivity contribution in [2.24, 2.45) is 34.5 Å². The van der Waals surface area contributed by atoms with Gasteiger partial charge >= 0.3 is 11.9 Å². The van der Waals surface area contributed by atoms with Crippen molar-refractivity contribution < 1.29 is 48.2 Å². The minimum atomic E-state index is -1.55. The zero-order valence-electron chi connectivity index (χ0n) is 27.0. The molecule has 14 atom stereocenters. The van der Waals surface area contributed by atoms with Crippen LogP contribution in [0.3, 0.4) is 0 Å². The average Bonchev–Trinajstić information content (AvgIpc) is 3.40. The molecule has 6 fully saturated rings. The molecule has 7 bridgehead atoms. The fourth-order valence-electron chi connectivity index (χ4n) is 12.2. The zero-order chi connectivity index (χ0) is 32.1. The first-order valence-corrected chi connectivity index (χ1v) is 16.2. The number of likely N-dealkylation sites (tertiary alicyclic amines) is 1. The highest BCUT2D eigenvalue weighted by Gasteiger charge is 2.90. The number of methoxy groups -OCH3 is 4. The number of nitrogens with zero attached hydrogens (tertiary/aromatic N) is 1. The van der Waals surface area contributed by atoms with Crippen molar-refractivity contribution in [2.45, 2.75) is 80.9 Å². The predicted octanol–water partition coefficient (Wildman–Crippen LogP) is 1.68. The first-order valence-electron chi connectivity index (χ1n) is 16.2. The van der Waals surface area contributed by atoms with Gasteiger partial charge in [0.1, 0.15) is 17.3 Å². The zero-order valence-corrected chi connectivity index (χ0v) is 27.0. The van der Waals surface area contributed by atoms with Crippen molar-refractivity contribution in [1.82, 2.24) is 4.90 Å². The molecule has 1 aromatic rings. The third-order valence-electron chi connectivity index (χ3n) is 13.1. The molecule has 0 amide bonds. The van der Waals surface area contributed by atoms with Crippen molar-refractivity contribution in [3.8, 4) is 0 Å². The Balaban J connectivity index is 1.50. The quantitative estimate of drug-likeness (QED) is 0.387. The van der Waals surface area contributed by atoms with Gasteiger partial charge in [-0.15, -0.1) is 0 Å². The molecule has 5 aliphatic carbocycles. The highest BCUT2D eigenvalue weighted by molar-refractivity contribution is 5.89. The molecular weight excluding hydrogens is 582 g/mol. The van der Waals surface area contributed by atoms with Crippen LogP contribution in [0.4, 0.5) is 0 Å². The lowest BCUT2D eigenvalue weighted by Crippen LogP contribution is -2.79. The van der Waals surface area contributed by atoms with Crippen LogP contribution in [-0.2, 0) is 33.2 Å². The van der Waals surface area contributed by atoms with E-state index in [4.69, 9.17) is 28.4 Å². The fourth-order valence-corrected chi connectivity index (χ4v) is 12.2. The van der Waals surface area contributed by atoms with Crippen LogP contribution in [0.25, 0.3) is 0 Å². The van der Waals surface area contributed by atoms with Crippen LogP contribution in [-0.4, -0.2) is 123 Å². The van der Waals surface area contributed by atoms with Gasteiger partial charge in [0.25, 0.3) is 0 Å². The number of aliphatic hydroxyl groups is 2. The van der Waals surface area contributed by atoms with E-state index >= 15 is 0 Å². The first-order chi connectivity index (χ1) is 21.5. The Bertz CT molecular complexity index is 1330. The van der Waals surface area contributed by atoms with Gasteiger partial charge in [-0.2, -0.15) is 0 Å². The van der Waals surface area contributed by atoms with Gasteiger partial charge in [-0.25, -0.2) is 4.79 Å². The predicted molar refractivity (Wildman–Crippen MR) is 159 cm³/mol. The summed E-state index contributed by atoms with van der Waals surface area (Å²) in [6.45, 7) is 5.08. The number of rotatable bonds is 9. The largest absolute Gasteiger partial charge is 0.458 e. The SMILES string of the molecule is CCN1C[C@]2(COC)C(O)CC(OC)[C@@]34C5C[C@]6(O)C(OC)C[C@@](OC(C)=O)(C5C6OC(=O)c5ccccc5)C(C(OC)C23)C14. The van der Waals surface area contributed by atoms with E-state index in [-0.39, 0.29) is 30.7 Å². The Kier molecular flexibility index (Phi) is 7.48. The van der Waals surface area contributed by atoms with Gasteiger partial charge in [0, 0.05) is 89.4 Å². The van der Waals surface area contributed by atoms with Gasteiger partial charge in [-0.3, -0.25) is 9.69 Å². The Labute approximate surface area is 264 Å². The van der Waals surface area contributed by atoms with Gasteiger partial charge < -0.3 is 38.6 Å². The number of piperidine rings is 1. The van der Waals surface area contributed by atoms with Gasteiger partial charge in [0.2, 0.25) is 0 Å². The van der Waals surface area contributed by atoms with Crippen LogP contribution < -0.4 is 0 Å². The molecule has 7 rings (SSSR count). The highest BCUT2D eigenvalue weighted by Crippen LogP contribution is 2.80. The standard InChI is InChI=1S/C34H47NO10/c1-7-35-16-31(17-40-3)21(37)13-22(41-4)34-20-14-32(39)23(42-5)15-33(45-18(2)36,25(28(34)35)26(43-6)27(31)34)24(20)29(32)44-30(38)19-11-9-8-10-12-19/h8-12,20-29,37,39H,7,13-17H2,1-6H3/t20?,21?,22?,23?,24?,25?,26?,27?,28?,29?,31-,32-,33+,34-/m0/s1. The molecular formula is C34H47NO10. The molecule has 5 saturated carbocycles. The van der Waals surface area contributed by atoms with E-state index in [0.717, 1.165) is 0 Å². The Morgan fingerprint density at radius 1 is 1.00 bits per heavy atom. The lowest BCUT2D eigenvalue weighted by Gasteiger charge is -2.70. The summed E-state index contributed by atoms with van der Waals surface area (Å²) in [6, 6.07) is 8.56. The van der Waals surface area contributed by atoms with Crippen molar-refractivity contribution in [3.05, 3.63) is 35.9 Å². The number of ether oxygens (including phenoxy) is 6. The van der Waals surface area contributed by atoms with E-state index in [1.54, 1.807) is 52.7 Å². The molecule has 11 nitrogen and oxygen atoms in total. The van der Waals surface area contributed by atoms with E-state index in [1.165, 1.54) is 6.92 Å². The molecule has 1 aromatic carbocycles. The topological polar surface area (TPSA) is 133 Å². The second kappa shape index (κ2) is 10.7. The van der Waals surface area contributed by atoms with Gasteiger partial charge in [-0.1, -0.05) is 25.1 Å². The molecule has 6 aliphatic rings. The number of carbonyl (C=O) groups excluding carboxylic acids is 2. The highest BCUT2D eigenvalue weighted by atomic mass is 16.6. The van der Waals surface area contributed by atoms with E-state index in [0.29, 0.717) is 31.7 Å². The van der Waals surface area contributed by atoms with Crippen LogP contribution >= 0.6 is 0 Å². The molecule has 10 unspecified atom stereocenters. The van der Waals surface area contributed by atoms with E-state index in [9.17, 15) is 19.8 Å². The molecule has 1 heterocycles. The second-order valence-electron chi connectivity index (χ2n) is 14.4. The summed E-state index contributed by atoms with van der Waals surface area (Å²) in [5.74, 6) is -2.55. The van der Waals surface area contributed by atoms with E-state index in [1.807, 2.05) is 6.07 Å². The summed E-state index contributed by atoms with van der Waals surface area (Å²) >= 11 is 0. The summed E-state index contributed by atoms with van der Waals surface area (Å²) in [5, 5.41) is 24.8. The van der Waals surface area contributed by atoms with E-state index in [2.05, 4.69) is 11.8 Å². The van der Waals surface area contributed by atoms with Crippen molar-refractivity contribution in [3.63, 3.8) is 0 Å². The van der Waals surface area contributed by atoms with Crippen molar-refractivity contribution in [2.75, 3.05) is 48.1 Å². The van der Waals surface area contributed by atoms with Crippen molar-refractivity contribution in [1.29, 1.82) is 0 Å². The molecule has 1 aliphatic heterocycles.